The van der Waals surface area contributed by atoms with Gasteiger partial charge in [0.15, 0.2) is 0 Å². The van der Waals surface area contributed by atoms with Crippen LogP contribution in [0.15, 0.2) is 17.2 Å². The number of aromatic carboxylic acids is 1. The van der Waals surface area contributed by atoms with E-state index in [9.17, 15) is 13.2 Å². The standard InChI is InChI=1S/C12H20N2O4S/c1-4-5-14-8-10(6-11(14)12(15)16)19(17,18)13-7-9(2)3/h6,8-9,13H,4-5,7H2,1-3H3,(H,15,16). The van der Waals surface area contributed by atoms with E-state index in [1.165, 1.54) is 16.8 Å². The van der Waals surface area contributed by atoms with Crippen LogP contribution < -0.4 is 4.72 Å². The summed E-state index contributed by atoms with van der Waals surface area (Å²) in [5.41, 5.74) is -0.00762. The number of aromatic nitrogens is 1. The zero-order valence-electron chi connectivity index (χ0n) is 11.4. The number of hydrogen-bond acceptors (Lipinski definition) is 3. The molecule has 1 rings (SSSR count). The molecular formula is C12H20N2O4S. The molecule has 2 N–H and O–H groups in total. The third-order valence-electron chi connectivity index (χ3n) is 2.55. The van der Waals surface area contributed by atoms with Gasteiger partial charge in [-0.1, -0.05) is 20.8 Å². The summed E-state index contributed by atoms with van der Waals surface area (Å²) in [6, 6.07) is 1.20. The lowest BCUT2D eigenvalue weighted by molar-refractivity contribution is 0.0685. The van der Waals surface area contributed by atoms with Crippen LogP contribution in [-0.2, 0) is 16.6 Å². The van der Waals surface area contributed by atoms with Crippen molar-refractivity contribution in [3.05, 3.63) is 18.0 Å². The smallest absolute Gasteiger partial charge is 0.352 e. The number of carboxylic acid groups (broad SMARTS) is 1. The van der Waals surface area contributed by atoms with Gasteiger partial charge >= 0.3 is 5.97 Å². The lowest BCUT2D eigenvalue weighted by Crippen LogP contribution is -2.27. The highest BCUT2D eigenvalue weighted by molar-refractivity contribution is 7.89. The molecule has 0 atom stereocenters. The molecule has 108 valence electrons. The first-order chi connectivity index (χ1) is 8.77. The zero-order chi connectivity index (χ0) is 14.6. The SMILES string of the molecule is CCCn1cc(S(=O)(=O)NCC(C)C)cc1C(=O)O. The van der Waals surface area contributed by atoms with Gasteiger partial charge in [-0.3, -0.25) is 0 Å². The summed E-state index contributed by atoms with van der Waals surface area (Å²) < 4.78 is 27.9. The van der Waals surface area contributed by atoms with Crippen LogP contribution in [0.4, 0.5) is 0 Å². The molecule has 0 spiro atoms. The summed E-state index contributed by atoms with van der Waals surface area (Å²) in [5.74, 6) is -0.940. The highest BCUT2D eigenvalue weighted by Crippen LogP contribution is 2.15. The summed E-state index contributed by atoms with van der Waals surface area (Å²) in [7, 11) is -3.64. The molecule has 0 aliphatic carbocycles. The average molecular weight is 288 g/mol. The quantitative estimate of drug-likeness (QED) is 0.796. The first-order valence-corrected chi connectivity index (χ1v) is 7.69. The average Bonchev–Trinajstić information content (AvgIpc) is 2.72. The molecule has 0 bridgehead atoms. The molecule has 0 amide bonds. The molecule has 1 aromatic rings. The third kappa shape index (κ3) is 4.07. The van der Waals surface area contributed by atoms with Gasteiger partial charge in [0.25, 0.3) is 0 Å². The highest BCUT2D eigenvalue weighted by Gasteiger charge is 2.21. The second kappa shape index (κ2) is 6.21. The van der Waals surface area contributed by atoms with E-state index in [1.54, 1.807) is 0 Å². The minimum Gasteiger partial charge on any atom is -0.477 e. The molecule has 0 aliphatic rings. The van der Waals surface area contributed by atoms with Crippen LogP contribution in [0.2, 0.25) is 0 Å². The van der Waals surface area contributed by atoms with E-state index < -0.39 is 16.0 Å². The van der Waals surface area contributed by atoms with Gasteiger partial charge in [0.2, 0.25) is 10.0 Å². The predicted molar refractivity (Wildman–Crippen MR) is 71.7 cm³/mol. The Morgan fingerprint density at radius 1 is 1.47 bits per heavy atom. The summed E-state index contributed by atoms with van der Waals surface area (Å²) >= 11 is 0. The van der Waals surface area contributed by atoms with Gasteiger partial charge in [0, 0.05) is 19.3 Å². The van der Waals surface area contributed by atoms with Gasteiger partial charge in [-0.2, -0.15) is 0 Å². The molecule has 0 aromatic carbocycles. The molecule has 0 aliphatic heterocycles. The van der Waals surface area contributed by atoms with Gasteiger partial charge in [0.05, 0.1) is 0 Å². The Balaban J connectivity index is 3.07. The van der Waals surface area contributed by atoms with Crippen LogP contribution in [0, 0.1) is 5.92 Å². The van der Waals surface area contributed by atoms with Gasteiger partial charge in [-0.05, 0) is 18.4 Å². The van der Waals surface area contributed by atoms with Crippen molar-refractivity contribution in [1.29, 1.82) is 0 Å². The van der Waals surface area contributed by atoms with Crippen LogP contribution in [0.25, 0.3) is 0 Å². The van der Waals surface area contributed by atoms with E-state index in [-0.39, 0.29) is 16.5 Å². The van der Waals surface area contributed by atoms with Gasteiger partial charge in [-0.15, -0.1) is 0 Å². The Hall–Kier alpha value is -1.34. The lowest BCUT2D eigenvalue weighted by Gasteiger charge is -2.07. The number of carboxylic acids is 1. The van der Waals surface area contributed by atoms with Crippen LogP contribution in [0.1, 0.15) is 37.7 Å². The molecule has 6 nitrogen and oxygen atoms in total. The first-order valence-electron chi connectivity index (χ1n) is 6.21. The van der Waals surface area contributed by atoms with E-state index in [2.05, 4.69) is 4.72 Å². The van der Waals surface area contributed by atoms with Gasteiger partial charge in [-0.25, -0.2) is 17.9 Å². The molecule has 0 radical (unpaired) electrons. The fraction of sp³-hybridized carbons (Fsp3) is 0.583. The highest BCUT2D eigenvalue weighted by atomic mass is 32.2. The Morgan fingerprint density at radius 3 is 2.58 bits per heavy atom. The van der Waals surface area contributed by atoms with Crippen LogP contribution in [0.3, 0.4) is 0 Å². The second-order valence-electron chi connectivity index (χ2n) is 4.81. The van der Waals surface area contributed by atoms with Gasteiger partial charge < -0.3 is 9.67 Å². The van der Waals surface area contributed by atoms with E-state index in [0.717, 1.165) is 6.42 Å². The molecular weight excluding hydrogens is 268 g/mol. The largest absolute Gasteiger partial charge is 0.477 e. The second-order valence-corrected chi connectivity index (χ2v) is 6.57. The summed E-state index contributed by atoms with van der Waals surface area (Å²) in [6.45, 7) is 6.49. The molecule has 19 heavy (non-hydrogen) atoms. The monoisotopic (exact) mass is 288 g/mol. The lowest BCUT2D eigenvalue weighted by atomic mass is 10.2. The Kier molecular flexibility index (Phi) is 5.13. The van der Waals surface area contributed by atoms with Crippen LogP contribution in [0.5, 0.6) is 0 Å². The fourth-order valence-corrected chi connectivity index (χ4v) is 2.85. The van der Waals surface area contributed by atoms with E-state index in [0.29, 0.717) is 13.1 Å². The third-order valence-corrected chi connectivity index (χ3v) is 3.94. The number of sulfonamides is 1. The topological polar surface area (TPSA) is 88.4 Å². The molecule has 1 heterocycles. The minimum absolute atomic E-state index is 0.000926. The fourth-order valence-electron chi connectivity index (χ4n) is 1.60. The van der Waals surface area contributed by atoms with E-state index in [1.807, 2.05) is 20.8 Å². The molecule has 1 aromatic heterocycles. The maximum Gasteiger partial charge on any atom is 0.352 e. The van der Waals surface area contributed by atoms with Crippen molar-refractivity contribution in [2.75, 3.05) is 6.54 Å². The molecule has 0 saturated carbocycles. The molecule has 7 heteroatoms. The minimum atomic E-state index is -3.64. The summed E-state index contributed by atoms with van der Waals surface area (Å²) in [4.78, 5) is 11.1. The maximum absolute atomic E-state index is 12.0. The summed E-state index contributed by atoms with van der Waals surface area (Å²) in [5, 5.41) is 9.05. The number of nitrogens with zero attached hydrogens (tertiary/aromatic N) is 1. The Labute approximate surface area is 113 Å². The number of nitrogens with one attached hydrogen (secondary N) is 1. The van der Waals surface area contributed by atoms with Crippen molar-refractivity contribution in [2.24, 2.45) is 5.92 Å². The van der Waals surface area contributed by atoms with Crippen LogP contribution >= 0.6 is 0 Å². The summed E-state index contributed by atoms with van der Waals surface area (Å²) in [6.07, 6.45) is 2.10. The zero-order valence-corrected chi connectivity index (χ0v) is 12.2. The Bertz CT molecular complexity index is 546. The first kappa shape index (κ1) is 15.7. The number of carbonyl (C=O) groups is 1. The van der Waals surface area contributed by atoms with E-state index in [4.69, 9.17) is 5.11 Å². The van der Waals surface area contributed by atoms with Crippen molar-refractivity contribution in [3.63, 3.8) is 0 Å². The number of hydrogen-bond donors (Lipinski definition) is 2. The Morgan fingerprint density at radius 2 is 2.11 bits per heavy atom. The van der Waals surface area contributed by atoms with Crippen molar-refractivity contribution in [3.8, 4) is 0 Å². The van der Waals surface area contributed by atoms with Crippen molar-refractivity contribution in [2.45, 2.75) is 38.6 Å². The normalized spacial score (nSPS) is 12.0. The number of rotatable bonds is 7. The van der Waals surface area contributed by atoms with Gasteiger partial charge in [0.1, 0.15) is 10.6 Å². The van der Waals surface area contributed by atoms with Crippen molar-refractivity contribution < 1.29 is 18.3 Å². The van der Waals surface area contributed by atoms with Crippen LogP contribution in [-0.4, -0.2) is 30.6 Å². The maximum atomic E-state index is 12.0. The van der Waals surface area contributed by atoms with Crippen molar-refractivity contribution >= 4 is 16.0 Å². The predicted octanol–water partition coefficient (Wildman–Crippen LogP) is 1.53. The van der Waals surface area contributed by atoms with Crippen molar-refractivity contribution in [1.82, 2.24) is 9.29 Å². The molecule has 0 fully saturated rings. The molecule has 0 saturated heterocycles. The van der Waals surface area contributed by atoms with E-state index >= 15 is 0 Å². The molecule has 0 unspecified atom stereocenters. The number of aryl methyl sites for hydroxylation is 1.